The van der Waals surface area contributed by atoms with Crippen LogP contribution in [0.3, 0.4) is 0 Å². The monoisotopic (exact) mass is 397 g/mol. The number of hydrogen-bond acceptors (Lipinski definition) is 5. The highest BCUT2D eigenvalue weighted by atomic mass is 32.2. The van der Waals surface area contributed by atoms with Crippen molar-refractivity contribution in [3.63, 3.8) is 0 Å². The molecule has 2 amide bonds. The Morgan fingerprint density at radius 2 is 1.61 bits per heavy atom. The quantitative estimate of drug-likeness (QED) is 0.675. The maximum absolute atomic E-state index is 13.4. The molecular weight excluding hydrogens is 374 g/mol. The first kappa shape index (κ1) is 20.0. The molecule has 0 saturated heterocycles. The summed E-state index contributed by atoms with van der Waals surface area (Å²) in [7, 11) is 3.05. The number of methoxy groups -OCH3 is 2. The summed E-state index contributed by atoms with van der Waals surface area (Å²) < 4.78 is 10.7. The van der Waals surface area contributed by atoms with E-state index in [2.05, 4.69) is 0 Å². The number of hydrogen-bond donors (Lipinski definition) is 0. The summed E-state index contributed by atoms with van der Waals surface area (Å²) in [6.45, 7) is 5.98. The standard InChI is InChI=1S/C22H23NO4S/c1-13(2)28-20-19(15-8-6-14(3)7-9-15)21(24)23(22(20)25)17-12-16(26-4)10-11-18(17)27-5/h6-13H,1-5H3. The lowest BCUT2D eigenvalue weighted by Gasteiger charge is -2.19. The molecule has 0 spiro atoms. The van der Waals surface area contributed by atoms with Gasteiger partial charge in [-0.25, -0.2) is 4.90 Å². The van der Waals surface area contributed by atoms with Crippen LogP contribution >= 0.6 is 11.8 Å². The molecular formula is C22H23NO4S. The van der Waals surface area contributed by atoms with Gasteiger partial charge in [0.2, 0.25) is 0 Å². The van der Waals surface area contributed by atoms with Crippen LogP contribution in [0.5, 0.6) is 11.5 Å². The second-order valence-corrected chi connectivity index (χ2v) is 8.31. The number of nitrogens with zero attached hydrogens (tertiary/aromatic N) is 1. The van der Waals surface area contributed by atoms with E-state index in [-0.39, 0.29) is 17.1 Å². The zero-order chi connectivity index (χ0) is 20.4. The second-order valence-electron chi connectivity index (χ2n) is 6.72. The molecule has 1 heterocycles. The van der Waals surface area contributed by atoms with Gasteiger partial charge in [0.05, 0.1) is 30.4 Å². The molecule has 146 valence electrons. The number of carbonyl (C=O) groups is 2. The first-order valence-corrected chi connectivity index (χ1v) is 9.84. The van der Waals surface area contributed by atoms with Crippen LogP contribution in [0.4, 0.5) is 5.69 Å². The SMILES string of the molecule is COc1ccc(OC)c(N2C(=O)C(SC(C)C)=C(c3ccc(C)cc3)C2=O)c1. The van der Waals surface area contributed by atoms with Crippen LogP contribution in [-0.4, -0.2) is 31.3 Å². The molecule has 3 rings (SSSR count). The lowest BCUT2D eigenvalue weighted by molar-refractivity contribution is -0.119. The van der Waals surface area contributed by atoms with E-state index in [0.717, 1.165) is 11.1 Å². The fraction of sp³-hybridized carbons (Fsp3) is 0.273. The van der Waals surface area contributed by atoms with Crippen LogP contribution in [0.25, 0.3) is 5.57 Å². The zero-order valence-corrected chi connectivity index (χ0v) is 17.4. The Bertz CT molecular complexity index is 948. The molecule has 0 aliphatic carbocycles. The number of benzene rings is 2. The Labute approximate surface area is 169 Å². The van der Waals surface area contributed by atoms with Gasteiger partial charge in [-0.2, -0.15) is 0 Å². The van der Waals surface area contributed by atoms with Gasteiger partial charge in [0.15, 0.2) is 0 Å². The molecule has 0 unspecified atom stereocenters. The number of aryl methyl sites for hydroxylation is 1. The number of thioether (sulfide) groups is 1. The molecule has 0 fully saturated rings. The Morgan fingerprint density at radius 1 is 0.929 bits per heavy atom. The maximum Gasteiger partial charge on any atom is 0.272 e. The molecule has 1 aliphatic rings. The summed E-state index contributed by atoms with van der Waals surface area (Å²) >= 11 is 1.40. The zero-order valence-electron chi connectivity index (χ0n) is 16.6. The summed E-state index contributed by atoms with van der Waals surface area (Å²) in [4.78, 5) is 28.3. The average molecular weight is 397 g/mol. The first-order valence-electron chi connectivity index (χ1n) is 8.96. The molecule has 28 heavy (non-hydrogen) atoms. The molecule has 1 aliphatic heterocycles. The van der Waals surface area contributed by atoms with Crippen molar-refractivity contribution in [2.24, 2.45) is 0 Å². The lowest BCUT2D eigenvalue weighted by atomic mass is 10.0. The van der Waals surface area contributed by atoms with Gasteiger partial charge in [-0.15, -0.1) is 11.8 Å². The van der Waals surface area contributed by atoms with Crippen molar-refractivity contribution in [2.75, 3.05) is 19.1 Å². The third-order valence-corrected chi connectivity index (χ3v) is 5.45. The molecule has 2 aromatic rings. The van der Waals surface area contributed by atoms with E-state index in [9.17, 15) is 9.59 Å². The molecule has 5 nitrogen and oxygen atoms in total. The van der Waals surface area contributed by atoms with Crippen LogP contribution in [0, 0.1) is 6.92 Å². The topological polar surface area (TPSA) is 55.8 Å². The highest BCUT2D eigenvalue weighted by molar-refractivity contribution is 8.04. The van der Waals surface area contributed by atoms with E-state index < -0.39 is 0 Å². The first-order chi connectivity index (χ1) is 13.4. The Balaban J connectivity index is 2.15. The van der Waals surface area contributed by atoms with Crippen LogP contribution in [-0.2, 0) is 9.59 Å². The third-order valence-electron chi connectivity index (χ3n) is 4.36. The molecule has 0 bridgehead atoms. The van der Waals surface area contributed by atoms with Gasteiger partial charge >= 0.3 is 0 Å². The van der Waals surface area contributed by atoms with Gasteiger partial charge in [-0.3, -0.25) is 9.59 Å². The Hall–Kier alpha value is -2.73. The van der Waals surface area contributed by atoms with E-state index in [0.29, 0.717) is 27.7 Å². The number of carbonyl (C=O) groups excluding carboxylic acids is 2. The van der Waals surface area contributed by atoms with Gasteiger partial charge in [-0.05, 0) is 24.6 Å². The minimum Gasteiger partial charge on any atom is -0.497 e. The predicted octanol–water partition coefficient (Wildman–Crippen LogP) is 4.44. The van der Waals surface area contributed by atoms with Gasteiger partial charge in [0.1, 0.15) is 11.5 Å². The molecule has 0 N–H and O–H groups in total. The number of amides is 2. The minimum absolute atomic E-state index is 0.152. The molecule has 6 heteroatoms. The van der Waals surface area contributed by atoms with Crippen LogP contribution in [0.15, 0.2) is 47.4 Å². The van der Waals surface area contributed by atoms with Crippen molar-refractivity contribution in [1.29, 1.82) is 0 Å². The van der Waals surface area contributed by atoms with Gasteiger partial charge < -0.3 is 9.47 Å². The maximum atomic E-state index is 13.4. The molecule has 0 aromatic heterocycles. The van der Waals surface area contributed by atoms with Crippen molar-refractivity contribution in [3.8, 4) is 11.5 Å². The van der Waals surface area contributed by atoms with Crippen molar-refractivity contribution < 1.29 is 19.1 Å². The van der Waals surface area contributed by atoms with Crippen LogP contribution in [0.2, 0.25) is 0 Å². The van der Waals surface area contributed by atoms with E-state index >= 15 is 0 Å². The van der Waals surface area contributed by atoms with Crippen molar-refractivity contribution in [1.82, 2.24) is 0 Å². The largest absolute Gasteiger partial charge is 0.497 e. The van der Waals surface area contributed by atoms with Gasteiger partial charge in [0, 0.05) is 11.3 Å². The average Bonchev–Trinajstić information content (AvgIpc) is 2.91. The fourth-order valence-electron chi connectivity index (χ4n) is 3.02. The van der Waals surface area contributed by atoms with E-state index in [1.54, 1.807) is 18.2 Å². The summed E-state index contributed by atoms with van der Waals surface area (Å²) in [6, 6.07) is 12.7. The summed E-state index contributed by atoms with van der Waals surface area (Å²) in [5, 5.41) is 0.152. The van der Waals surface area contributed by atoms with Gasteiger partial charge in [-0.1, -0.05) is 43.7 Å². The second kappa shape index (κ2) is 8.10. The summed E-state index contributed by atoms with van der Waals surface area (Å²) in [5.41, 5.74) is 2.62. The summed E-state index contributed by atoms with van der Waals surface area (Å²) in [5.74, 6) is 0.272. The van der Waals surface area contributed by atoms with E-state index in [1.807, 2.05) is 45.0 Å². The third kappa shape index (κ3) is 3.64. The number of ether oxygens (including phenoxy) is 2. The number of anilines is 1. The molecule has 0 atom stereocenters. The smallest absolute Gasteiger partial charge is 0.272 e. The Morgan fingerprint density at radius 3 is 2.18 bits per heavy atom. The van der Waals surface area contributed by atoms with Crippen molar-refractivity contribution in [2.45, 2.75) is 26.0 Å². The number of rotatable bonds is 6. The normalized spacial score (nSPS) is 14.3. The van der Waals surface area contributed by atoms with E-state index in [1.165, 1.54) is 30.9 Å². The predicted molar refractivity (Wildman–Crippen MR) is 113 cm³/mol. The van der Waals surface area contributed by atoms with Crippen LogP contribution in [0.1, 0.15) is 25.0 Å². The molecule has 2 aromatic carbocycles. The van der Waals surface area contributed by atoms with E-state index in [4.69, 9.17) is 9.47 Å². The van der Waals surface area contributed by atoms with Crippen LogP contribution < -0.4 is 14.4 Å². The number of imide groups is 1. The lowest BCUT2D eigenvalue weighted by Crippen LogP contribution is -2.31. The summed E-state index contributed by atoms with van der Waals surface area (Å²) in [6.07, 6.45) is 0. The van der Waals surface area contributed by atoms with Crippen molar-refractivity contribution >= 4 is 34.8 Å². The fourth-order valence-corrected chi connectivity index (χ4v) is 4.01. The van der Waals surface area contributed by atoms with Crippen molar-refractivity contribution in [3.05, 3.63) is 58.5 Å². The van der Waals surface area contributed by atoms with Gasteiger partial charge in [0.25, 0.3) is 11.8 Å². The highest BCUT2D eigenvalue weighted by Gasteiger charge is 2.41. The Kier molecular flexibility index (Phi) is 5.79. The minimum atomic E-state index is -0.358. The molecule has 0 saturated carbocycles. The molecule has 0 radical (unpaired) electrons. The highest BCUT2D eigenvalue weighted by Crippen LogP contribution is 2.43.